The Labute approximate surface area is 121 Å². The Morgan fingerprint density at radius 3 is 2.58 bits per heavy atom. The highest BCUT2D eigenvalue weighted by molar-refractivity contribution is 9.10. The van der Waals surface area contributed by atoms with Crippen LogP contribution in [0.15, 0.2) is 28.7 Å². The quantitative estimate of drug-likeness (QED) is 0.793. The minimum atomic E-state index is -0.148. The summed E-state index contributed by atoms with van der Waals surface area (Å²) in [4.78, 5) is 5.91. The molecule has 0 N–H and O–H groups in total. The molecule has 5 heteroatoms. The predicted octanol–water partition coefficient (Wildman–Crippen LogP) is 2.74. The molecule has 2 aliphatic rings. The Kier molecular flexibility index (Phi) is 3.91. The standard InChI is InChI=1S/C14H18BrNO3/c1-9-17-7-12-13(8-18-9)19-16(2)14(12)10-3-5-11(15)6-4-10/h3-6,9,12-14H,7-8H2,1-2H3/t9-,12+,13-,14-/m0/s1. The molecule has 19 heavy (non-hydrogen) atoms. The van der Waals surface area contributed by atoms with E-state index < -0.39 is 0 Å². The van der Waals surface area contributed by atoms with E-state index in [9.17, 15) is 0 Å². The van der Waals surface area contributed by atoms with Gasteiger partial charge >= 0.3 is 0 Å². The first-order chi connectivity index (χ1) is 9.15. The van der Waals surface area contributed by atoms with Crippen LogP contribution in [0, 0.1) is 5.92 Å². The van der Waals surface area contributed by atoms with Crippen LogP contribution in [0.5, 0.6) is 0 Å². The fraction of sp³-hybridized carbons (Fsp3) is 0.571. The summed E-state index contributed by atoms with van der Waals surface area (Å²) < 4.78 is 12.4. The summed E-state index contributed by atoms with van der Waals surface area (Å²) in [5.74, 6) is 0.302. The van der Waals surface area contributed by atoms with Crippen molar-refractivity contribution in [2.75, 3.05) is 20.3 Å². The maximum absolute atomic E-state index is 5.91. The van der Waals surface area contributed by atoms with Crippen LogP contribution in [0.25, 0.3) is 0 Å². The molecule has 2 saturated heterocycles. The SMILES string of the molecule is C[C@H]1OC[C@@H]2[C@H](CO1)ON(C)[C@H]2c1ccc(Br)cc1. The number of ether oxygens (including phenoxy) is 2. The summed E-state index contributed by atoms with van der Waals surface area (Å²) in [6, 6.07) is 8.60. The third-order valence-electron chi connectivity index (χ3n) is 3.81. The fourth-order valence-corrected chi connectivity index (χ4v) is 3.09. The second kappa shape index (κ2) is 5.50. The molecule has 3 rings (SSSR count). The summed E-state index contributed by atoms with van der Waals surface area (Å²) in [7, 11) is 1.98. The van der Waals surface area contributed by atoms with Crippen molar-refractivity contribution in [3.8, 4) is 0 Å². The molecule has 4 atom stereocenters. The van der Waals surface area contributed by atoms with Crippen molar-refractivity contribution in [3.05, 3.63) is 34.3 Å². The van der Waals surface area contributed by atoms with Gasteiger partial charge in [0.25, 0.3) is 0 Å². The normalized spacial score (nSPS) is 35.9. The van der Waals surface area contributed by atoms with Gasteiger partial charge in [0.2, 0.25) is 0 Å². The van der Waals surface area contributed by atoms with Crippen molar-refractivity contribution < 1.29 is 14.3 Å². The molecule has 1 aromatic carbocycles. The van der Waals surface area contributed by atoms with Crippen molar-refractivity contribution in [2.45, 2.75) is 25.4 Å². The van der Waals surface area contributed by atoms with Crippen molar-refractivity contribution in [1.29, 1.82) is 0 Å². The number of fused-ring (bicyclic) bond motifs is 1. The number of benzene rings is 1. The molecule has 1 aromatic rings. The maximum atomic E-state index is 5.91. The summed E-state index contributed by atoms with van der Waals surface area (Å²) in [5, 5.41) is 1.93. The Balaban J connectivity index is 1.85. The molecule has 0 amide bonds. The first-order valence-corrected chi connectivity index (χ1v) is 7.32. The average Bonchev–Trinajstić information content (AvgIpc) is 2.60. The van der Waals surface area contributed by atoms with Gasteiger partial charge < -0.3 is 9.47 Å². The van der Waals surface area contributed by atoms with Crippen LogP contribution >= 0.6 is 15.9 Å². The molecule has 4 nitrogen and oxygen atoms in total. The van der Waals surface area contributed by atoms with E-state index in [1.54, 1.807) is 0 Å². The zero-order valence-corrected chi connectivity index (χ0v) is 12.7. The van der Waals surface area contributed by atoms with Crippen LogP contribution in [0.2, 0.25) is 0 Å². The van der Waals surface area contributed by atoms with Crippen molar-refractivity contribution >= 4 is 15.9 Å². The molecule has 2 fully saturated rings. The van der Waals surface area contributed by atoms with E-state index in [4.69, 9.17) is 14.3 Å². The van der Waals surface area contributed by atoms with Gasteiger partial charge in [-0.05, 0) is 24.6 Å². The monoisotopic (exact) mass is 327 g/mol. The highest BCUT2D eigenvalue weighted by atomic mass is 79.9. The highest BCUT2D eigenvalue weighted by Crippen LogP contribution is 2.40. The predicted molar refractivity (Wildman–Crippen MR) is 74.4 cm³/mol. The van der Waals surface area contributed by atoms with E-state index in [2.05, 4.69) is 40.2 Å². The van der Waals surface area contributed by atoms with Crippen LogP contribution in [0.1, 0.15) is 18.5 Å². The van der Waals surface area contributed by atoms with Gasteiger partial charge in [-0.25, -0.2) is 0 Å². The molecule has 0 aliphatic carbocycles. The minimum absolute atomic E-state index is 0.0728. The van der Waals surface area contributed by atoms with E-state index in [1.165, 1.54) is 5.56 Å². The molecule has 0 bridgehead atoms. The van der Waals surface area contributed by atoms with Gasteiger partial charge in [0, 0.05) is 17.4 Å². The Hall–Kier alpha value is -0.460. The molecular formula is C14H18BrNO3. The van der Waals surface area contributed by atoms with E-state index in [1.807, 2.05) is 19.0 Å². The summed E-state index contributed by atoms with van der Waals surface area (Å²) in [6.45, 7) is 3.18. The van der Waals surface area contributed by atoms with Gasteiger partial charge in [0.05, 0.1) is 19.3 Å². The average molecular weight is 328 g/mol. The fourth-order valence-electron chi connectivity index (χ4n) is 2.82. The number of hydrogen-bond acceptors (Lipinski definition) is 4. The van der Waals surface area contributed by atoms with Gasteiger partial charge in [-0.2, -0.15) is 5.06 Å². The molecule has 0 spiro atoms. The molecule has 0 unspecified atom stereocenters. The number of hydrogen-bond donors (Lipinski definition) is 0. The maximum Gasteiger partial charge on any atom is 0.154 e. The number of halogens is 1. The molecule has 0 aromatic heterocycles. The summed E-state index contributed by atoms with van der Waals surface area (Å²) in [5.41, 5.74) is 1.25. The van der Waals surface area contributed by atoms with Crippen molar-refractivity contribution in [2.24, 2.45) is 5.92 Å². The topological polar surface area (TPSA) is 30.9 Å². The van der Waals surface area contributed by atoms with E-state index in [0.717, 1.165) is 4.47 Å². The third kappa shape index (κ3) is 2.71. The molecule has 0 radical (unpaired) electrons. The van der Waals surface area contributed by atoms with Crippen LogP contribution in [-0.2, 0) is 14.3 Å². The van der Waals surface area contributed by atoms with Crippen LogP contribution in [0.4, 0.5) is 0 Å². The van der Waals surface area contributed by atoms with Gasteiger partial charge in [-0.1, -0.05) is 28.1 Å². The second-order valence-electron chi connectivity index (χ2n) is 5.08. The van der Waals surface area contributed by atoms with Gasteiger partial charge in [0.15, 0.2) is 6.29 Å². The highest BCUT2D eigenvalue weighted by Gasteiger charge is 2.44. The molecular weight excluding hydrogens is 310 g/mol. The Morgan fingerprint density at radius 2 is 1.84 bits per heavy atom. The Morgan fingerprint density at radius 1 is 1.16 bits per heavy atom. The second-order valence-corrected chi connectivity index (χ2v) is 6.00. The molecule has 0 saturated carbocycles. The Bertz CT molecular complexity index is 439. The zero-order chi connectivity index (χ0) is 13.4. The smallest absolute Gasteiger partial charge is 0.154 e. The van der Waals surface area contributed by atoms with Crippen LogP contribution in [-0.4, -0.2) is 37.7 Å². The largest absolute Gasteiger partial charge is 0.353 e. The van der Waals surface area contributed by atoms with Gasteiger partial charge in [-0.15, -0.1) is 0 Å². The summed E-state index contributed by atoms with van der Waals surface area (Å²) in [6.07, 6.45) is -0.0753. The summed E-state index contributed by atoms with van der Waals surface area (Å²) >= 11 is 3.47. The van der Waals surface area contributed by atoms with Gasteiger partial charge in [0.1, 0.15) is 6.10 Å². The van der Waals surface area contributed by atoms with E-state index in [0.29, 0.717) is 19.1 Å². The number of hydroxylamine groups is 2. The lowest BCUT2D eigenvalue weighted by Gasteiger charge is -2.23. The molecule has 2 aliphatic heterocycles. The lowest BCUT2D eigenvalue weighted by molar-refractivity contribution is -0.180. The van der Waals surface area contributed by atoms with Crippen molar-refractivity contribution in [3.63, 3.8) is 0 Å². The lowest BCUT2D eigenvalue weighted by Crippen LogP contribution is -2.25. The first-order valence-electron chi connectivity index (χ1n) is 6.53. The number of nitrogens with zero attached hydrogens (tertiary/aromatic N) is 1. The molecule has 2 heterocycles. The van der Waals surface area contributed by atoms with E-state index >= 15 is 0 Å². The minimum Gasteiger partial charge on any atom is -0.353 e. The first kappa shape index (κ1) is 13.5. The third-order valence-corrected chi connectivity index (χ3v) is 4.34. The number of rotatable bonds is 1. The van der Waals surface area contributed by atoms with E-state index in [-0.39, 0.29) is 18.4 Å². The van der Waals surface area contributed by atoms with Gasteiger partial charge in [-0.3, -0.25) is 4.84 Å². The molecule has 104 valence electrons. The van der Waals surface area contributed by atoms with Crippen LogP contribution in [0.3, 0.4) is 0 Å². The zero-order valence-electron chi connectivity index (χ0n) is 11.1. The van der Waals surface area contributed by atoms with Crippen molar-refractivity contribution in [1.82, 2.24) is 5.06 Å². The lowest BCUT2D eigenvalue weighted by atomic mass is 9.90. The van der Waals surface area contributed by atoms with Crippen LogP contribution < -0.4 is 0 Å².